The fraction of sp³-hybridized carbons (Fsp3) is 0.200. The predicted octanol–water partition coefficient (Wildman–Crippen LogP) is 1.65. The van der Waals surface area contributed by atoms with Crippen molar-refractivity contribution in [2.24, 2.45) is 0 Å². The van der Waals surface area contributed by atoms with E-state index >= 15 is 0 Å². The van der Waals surface area contributed by atoms with Gasteiger partial charge in [0, 0.05) is 5.69 Å². The molecule has 0 bridgehead atoms. The van der Waals surface area contributed by atoms with Crippen molar-refractivity contribution in [2.75, 3.05) is 11.9 Å². The summed E-state index contributed by atoms with van der Waals surface area (Å²) in [5.74, 6) is -0.984. The van der Waals surface area contributed by atoms with Gasteiger partial charge in [0.1, 0.15) is 12.1 Å². The van der Waals surface area contributed by atoms with E-state index in [4.69, 9.17) is 0 Å². The van der Waals surface area contributed by atoms with Gasteiger partial charge in [-0.1, -0.05) is 37.3 Å². The molecule has 29 heavy (non-hydrogen) atoms. The molecule has 0 unspecified atom stereocenters. The minimum atomic E-state index is -1.18. The number of nitrogens with zero attached hydrogens (tertiary/aromatic N) is 1. The lowest BCUT2D eigenvalue weighted by Crippen LogP contribution is -2.44. The molecule has 1 aliphatic heterocycles. The van der Waals surface area contributed by atoms with E-state index in [2.05, 4.69) is 20.6 Å². The molecule has 1 fully saturated rings. The quantitative estimate of drug-likeness (QED) is 0.492. The van der Waals surface area contributed by atoms with Crippen molar-refractivity contribution in [3.8, 4) is 0 Å². The van der Waals surface area contributed by atoms with E-state index < -0.39 is 29.9 Å². The zero-order chi connectivity index (χ0) is 20.6. The van der Waals surface area contributed by atoms with Gasteiger partial charge in [-0.15, -0.1) is 0 Å². The summed E-state index contributed by atoms with van der Waals surface area (Å²) in [6.07, 6.45) is 0.358. The van der Waals surface area contributed by atoms with Crippen LogP contribution in [0.5, 0.6) is 0 Å². The number of nitrogens with one attached hydrogen (secondary N) is 4. The number of fused-ring (bicyclic) bond motifs is 1. The minimum absolute atomic E-state index is 0.348. The second-order valence-electron chi connectivity index (χ2n) is 6.83. The van der Waals surface area contributed by atoms with Crippen molar-refractivity contribution in [3.05, 3.63) is 64.6 Å². The molecule has 0 saturated carbocycles. The van der Waals surface area contributed by atoms with Crippen LogP contribution in [0.2, 0.25) is 0 Å². The molecule has 0 radical (unpaired) electrons. The number of carbonyl (C=O) groups excluding carboxylic acids is 3. The number of carbonyl (C=O) groups is 3. The Morgan fingerprint density at radius 1 is 1.03 bits per heavy atom. The molecule has 3 aromatic rings. The lowest BCUT2D eigenvalue weighted by Gasteiger charge is -2.25. The number of imidazole rings is 1. The van der Waals surface area contributed by atoms with Crippen molar-refractivity contribution in [1.82, 2.24) is 20.2 Å². The molecule has 9 heteroatoms. The molecule has 9 nitrogen and oxygen atoms in total. The number of hydrogen-bond donors (Lipinski definition) is 4. The van der Waals surface area contributed by atoms with Gasteiger partial charge in [-0.2, -0.15) is 0 Å². The fourth-order valence-corrected chi connectivity index (χ4v) is 3.59. The average molecular weight is 393 g/mol. The first kappa shape index (κ1) is 18.5. The summed E-state index contributed by atoms with van der Waals surface area (Å²) in [5.41, 5.74) is 0.733. The standard InChI is InChI=1S/C20H19N5O4/c1-2-20(12-6-4-3-5-7-12)17(27)25(19(29)24-20)11-16(26)21-13-8-9-14-15(10-13)23-18(28)22-14/h3-10H,2,11H2,1H3,(H,21,26)(H,24,29)(H2,22,23,28)/t20-/m0/s1. The van der Waals surface area contributed by atoms with E-state index in [0.717, 1.165) is 4.90 Å². The van der Waals surface area contributed by atoms with Gasteiger partial charge in [0.2, 0.25) is 5.91 Å². The maximum Gasteiger partial charge on any atom is 0.325 e. The molecule has 4 N–H and O–H groups in total. The van der Waals surface area contributed by atoms with Gasteiger partial charge in [0.05, 0.1) is 11.0 Å². The summed E-state index contributed by atoms with van der Waals surface area (Å²) in [7, 11) is 0. The Labute approximate surface area is 165 Å². The largest absolute Gasteiger partial charge is 0.325 e. The Hall–Kier alpha value is -3.88. The minimum Gasteiger partial charge on any atom is -0.324 e. The highest BCUT2D eigenvalue weighted by atomic mass is 16.2. The zero-order valence-corrected chi connectivity index (χ0v) is 15.6. The van der Waals surface area contributed by atoms with Gasteiger partial charge in [-0.3, -0.25) is 14.5 Å². The third-order valence-corrected chi connectivity index (χ3v) is 5.07. The van der Waals surface area contributed by atoms with Crippen LogP contribution in [0.15, 0.2) is 53.3 Å². The van der Waals surface area contributed by atoms with Crippen LogP contribution in [0.3, 0.4) is 0 Å². The Balaban J connectivity index is 1.52. The van der Waals surface area contributed by atoms with Crippen LogP contribution in [0.25, 0.3) is 11.0 Å². The van der Waals surface area contributed by atoms with Crippen LogP contribution >= 0.6 is 0 Å². The number of urea groups is 1. The molecule has 1 aliphatic rings. The normalized spacial score (nSPS) is 18.9. The van der Waals surface area contributed by atoms with Crippen LogP contribution < -0.4 is 16.3 Å². The topological polar surface area (TPSA) is 127 Å². The maximum absolute atomic E-state index is 13.1. The van der Waals surface area contributed by atoms with E-state index in [1.165, 1.54) is 0 Å². The number of H-pyrrole nitrogens is 2. The molecular weight excluding hydrogens is 374 g/mol. The van der Waals surface area contributed by atoms with Crippen LogP contribution in [0.1, 0.15) is 18.9 Å². The van der Waals surface area contributed by atoms with Gasteiger partial charge in [0.15, 0.2) is 0 Å². The maximum atomic E-state index is 13.1. The highest BCUT2D eigenvalue weighted by molar-refractivity contribution is 6.10. The van der Waals surface area contributed by atoms with E-state index in [9.17, 15) is 19.2 Å². The molecular formula is C20H19N5O4. The van der Waals surface area contributed by atoms with Crippen molar-refractivity contribution in [3.63, 3.8) is 0 Å². The van der Waals surface area contributed by atoms with E-state index in [-0.39, 0.29) is 5.69 Å². The zero-order valence-electron chi connectivity index (χ0n) is 15.6. The van der Waals surface area contributed by atoms with Gasteiger partial charge >= 0.3 is 11.7 Å². The number of aromatic nitrogens is 2. The molecule has 1 aromatic heterocycles. The first-order chi connectivity index (χ1) is 13.9. The van der Waals surface area contributed by atoms with Crippen molar-refractivity contribution in [2.45, 2.75) is 18.9 Å². The summed E-state index contributed by atoms with van der Waals surface area (Å²) in [4.78, 5) is 55.5. The number of benzene rings is 2. The third-order valence-electron chi connectivity index (χ3n) is 5.07. The fourth-order valence-electron chi connectivity index (χ4n) is 3.59. The predicted molar refractivity (Wildman–Crippen MR) is 106 cm³/mol. The number of aromatic amines is 2. The van der Waals surface area contributed by atoms with E-state index in [0.29, 0.717) is 28.7 Å². The molecule has 1 atom stereocenters. The number of rotatable bonds is 5. The molecule has 2 heterocycles. The third kappa shape index (κ3) is 3.16. The summed E-state index contributed by atoms with van der Waals surface area (Å²) >= 11 is 0. The Morgan fingerprint density at radius 3 is 2.48 bits per heavy atom. The highest BCUT2D eigenvalue weighted by Gasteiger charge is 2.51. The van der Waals surface area contributed by atoms with Crippen molar-refractivity contribution < 1.29 is 14.4 Å². The van der Waals surface area contributed by atoms with Crippen LogP contribution in [-0.4, -0.2) is 39.3 Å². The summed E-state index contributed by atoms with van der Waals surface area (Å²) < 4.78 is 0. The molecule has 2 aromatic carbocycles. The molecule has 0 spiro atoms. The van der Waals surface area contributed by atoms with E-state index in [1.54, 1.807) is 42.5 Å². The lowest BCUT2D eigenvalue weighted by molar-refractivity contribution is -0.134. The Morgan fingerprint density at radius 2 is 1.76 bits per heavy atom. The van der Waals surface area contributed by atoms with Crippen molar-refractivity contribution in [1.29, 1.82) is 0 Å². The molecule has 148 valence electrons. The monoisotopic (exact) mass is 393 g/mol. The number of amides is 4. The summed E-state index contributed by atoms with van der Waals surface area (Å²) in [5, 5.41) is 5.39. The van der Waals surface area contributed by atoms with Crippen LogP contribution in [0.4, 0.5) is 10.5 Å². The van der Waals surface area contributed by atoms with Crippen LogP contribution in [-0.2, 0) is 15.1 Å². The SMILES string of the molecule is CC[C@@]1(c2ccccc2)NC(=O)N(CC(=O)Nc2ccc3[nH]c(=O)[nH]c3c2)C1=O. The number of imide groups is 1. The van der Waals surface area contributed by atoms with Gasteiger partial charge in [0.25, 0.3) is 5.91 Å². The molecule has 0 aliphatic carbocycles. The number of hydrogen-bond acceptors (Lipinski definition) is 4. The van der Waals surface area contributed by atoms with Gasteiger partial charge in [-0.25, -0.2) is 9.59 Å². The second kappa shape index (κ2) is 6.93. The number of anilines is 1. The molecule has 4 rings (SSSR count). The summed E-state index contributed by atoms with van der Waals surface area (Å²) in [6, 6.07) is 13.2. The average Bonchev–Trinajstić information content (AvgIpc) is 3.20. The Bertz CT molecular complexity index is 1170. The van der Waals surface area contributed by atoms with Gasteiger partial charge < -0.3 is 20.6 Å². The van der Waals surface area contributed by atoms with Crippen molar-refractivity contribution >= 4 is 34.6 Å². The Kier molecular flexibility index (Phi) is 4.42. The van der Waals surface area contributed by atoms with Crippen LogP contribution in [0, 0.1) is 0 Å². The lowest BCUT2D eigenvalue weighted by atomic mass is 9.87. The highest BCUT2D eigenvalue weighted by Crippen LogP contribution is 2.32. The smallest absolute Gasteiger partial charge is 0.324 e. The molecule has 1 saturated heterocycles. The first-order valence-electron chi connectivity index (χ1n) is 9.14. The van der Waals surface area contributed by atoms with E-state index in [1.807, 2.05) is 13.0 Å². The van der Waals surface area contributed by atoms with Gasteiger partial charge in [-0.05, 0) is 30.2 Å². The summed E-state index contributed by atoms with van der Waals surface area (Å²) in [6.45, 7) is 1.39. The first-order valence-corrected chi connectivity index (χ1v) is 9.14. The second-order valence-corrected chi connectivity index (χ2v) is 6.83. The molecule has 4 amide bonds.